The molecule has 0 unspecified atom stereocenters. The van der Waals surface area contributed by atoms with Gasteiger partial charge in [0.1, 0.15) is 0 Å². The van der Waals surface area contributed by atoms with Crippen molar-refractivity contribution in [2.45, 2.75) is 19.4 Å². The third kappa shape index (κ3) is 4.54. The minimum absolute atomic E-state index is 0.808. The summed E-state index contributed by atoms with van der Waals surface area (Å²) >= 11 is 12.2. The average Bonchev–Trinajstić information content (AvgIpc) is 2.42. The number of nitrogens with one attached hydrogen (secondary N) is 1. The van der Waals surface area contributed by atoms with E-state index in [4.69, 9.17) is 23.2 Å². The van der Waals surface area contributed by atoms with Crippen molar-refractivity contribution in [2.75, 3.05) is 6.54 Å². The molecule has 0 radical (unpaired) electrons. The number of rotatable bonds is 6. The van der Waals surface area contributed by atoms with Crippen molar-refractivity contribution in [1.29, 1.82) is 0 Å². The lowest BCUT2D eigenvalue weighted by molar-refractivity contribution is 0.649. The van der Waals surface area contributed by atoms with Gasteiger partial charge in [0.05, 0.1) is 0 Å². The summed E-state index contributed by atoms with van der Waals surface area (Å²) in [6.45, 7) is 1.76. The second kappa shape index (κ2) is 7.54. The van der Waals surface area contributed by atoms with Gasteiger partial charge in [0.2, 0.25) is 0 Å². The highest BCUT2D eigenvalue weighted by atomic mass is 35.5. The van der Waals surface area contributed by atoms with Crippen molar-refractivity contribution in [3.63, 3.8) is 0 Å². The second-order valence-corrected chi connectivity index (χ2v) is 5.28. The monoisotopic (exact) mass is 293 g/mol. The number of halogens is 2. The maximum atomic E-state index is 6.12. The van der Waals surface area contributed by atoms with Gasteiger partial charge >= 0.3 is 0 Å². The van der Waals surface area contributed by atoms with E-state index >= 15 is 0 Å². The third-order valence-electron chi connectivity index (χ3n) is 3.03. The Kier molecular flexibility index (Phi) is 5.71. The van der Waals surface area contributed by atoms with E-state index in [-0.39, 0.29) is 0 Å². The SMILES string of the molecule is Clc1ccccc1CCCNCc1ccccc1Cl. The first-order valence-corrected chi connectivity index (χ1v) is 7.20. The average molecular weight is 294 g/mol. The van der Waals surface area contributed by atoms with Crippen LogP contribution in [0.15, 0.2) is 48.5 Å². The van der Waals surface area contributed by atoms with Gasteiger partial charge in [-0.25, -0.2) is 0 Å². The predicted molar refractivity (Wildman–Crippen MR) is 82.9 cm³/mol. The van der Waals surface area contributed by atoms with Gasteiger partial charge in [-0.2, -0.15) is 0 Å². The molecule has 2 aromatic rings. The Hall–Kier alpha value is -1.02. The fourth-order valence-electron chi connectivity index (χ4n) is 1.97. The molecule has 0 heterocycles. The topological polar surface area (TPSA) is 12.0 Å². The van der Waals surface area contributed by atoms with Crippen molar-refractivity contribution < 1.29 is 0 Å². The van der Waals surface area contributed by atoms with Crippen LogP contribution >= 0.6 is 23.2 Å². The van der Waals surface area contributed by atoms with Crippen molar-refractivity contribution in [3.8, 4) is 0 Å². The molecule has 0 saturated carbocycles. The summed E-state index contributed by atoms with van der Waals surface area (Å²) in [4.78, 5) is 0. The summed E-state index contributed by atoms with van der Waals surface area (Å²) in [6, 6.07) is 15.9. The summed E-state index contributed by atoms with van der Waals surface area (Å²) in [5.41, 5.74) is 2.35. The Balaban J connectivity index is 1.71. The van der Waals surface area contributed by atoms with E-state index < -0.39 is 0 Å². The molecule has 3 heteroatoms. The fraction of sp³-hybridized carbons (Fsp3) is 0.250. The molecule has 0 atom stereocenters. The number of hydrogen-bond donors (Lipinski definition) is 1. The molecule has 1 N–H and O–H groups in total. The van der Waals surface area contributed by atoms with Gasteiger partial charge in [-0.3, -0.25) is 0 Å². The van der Waals surface area contributed by atoms with E-state index in [1.54, 1.807) is 0 Å². The van der Waals surface area contributed by atoms with Crippen molar-refractivity contribution in [1.82, 2.24) is 5.32 Å². The first kappa shape index (κ1) is 14.4. The molecular weight excluding hydrogens is 277 g/mol. The molecule has 100 valence electrons. The minimum atomic E-state index is 0.808. The molecule has 0 fully saturated rings. The largest absolute Gasteiger partial charge is 0.313 e. The normalized spacial score (nSPS) is 10.6. The Morgan fingerprint density at radius 1 is 0.789 bits per heavy atom. The highest BCUT2D eigenvalue weighted by Crippen LogP contribution is 2.16. The van der Waals surface area contributed by atoms with Gasteiger partial charge in [0.15, 0.2) is 0 Å². The van der Waals surface area contributed by atoms with E-state index in [1.807, 2.05) is 42.5 Å². The van der Waals surface area contributed by atoms with Crippen LogP contribution in [0.25, 0.3) is 0 Å². The van der Waals surface area contributed by atoms with Gasteiger partial charge < -0.3 is 5.32 Å². The van der Waals surface area contributed by atoms with Crippen LogP contribution < -0.4 is 5.32 Å². The molecule has 2 rings (SSSR count). The maximum absolute atomic E-state index is 6.12. The van der Waals surface area contributed by atoms with Gasteiger partial charge in [0, 0.05) is 16.6 Å². The summed E-state index contributed by atoms with van der Waals surface area (Å²) in [7, 11) is 0. The lowest BCUT2D eigenvalue weighted by Gasteiger charge is -2.07. The fourth-order valence-corrected chi connectivity index (χ4v) is 2.40. The summed E-state index contributed by atoms with van der Waals surface area (Å²) in [5, 5.41) is 5.08. The van der Waals surface area contributed by atoms with Crippen LogP contribution in [0.5, 0.6) is 0 Å². The smallest absolute Gasteiger partial charge is 0.0450 e. The van der Waals surface area contributed by atoms with Crippen LogP contribution in [-0.2, 0) is 13.0 Å². The Bertz CT molecular complexity index is 478. The molecule has 0 amide bonds. The lowest BCUT2D eigenvalue weighted by atomic mass is 10.1. The van der Waals surface area contributed by atoms with E-state index in [0.717, 1.165) is 41.5 Å². The van der Waals surface area contributed by atoms with Crippen molar-refractivity contribution in [2.24, 2.45) is 0 Å². The van der Waals surface area contributed by atoms with Crippen LogP contribution in [0.1, 0.15) is 17.5 Å². The van der Waals surface area contributed by atoms with Gasteiger partial charge in [-0.05, 0) is 42.6 Å². The Labute approximate surface area is 124 Å². The number of benzene rings is 2. The van der Waals surface area contributed by atoms with E-state index in [1.165, 1.54) is 5.56 Å². The van der Waals surface area contributed by atoms with E-state index in [0.29, 0.717) is 0 Å². The highest BCUT2D eigenvalue weighted by Gasteiger charge is 2.00. The Morgan fingerprint density at radius 2 is 1.37 bits per heavy atom. The van der Waals surface area contributed by atoms with Crippen LogP contribution in [0, 0.1) is 0 Å². The van der Waals surface area contributed by atoms with Crippen LogP contribution in [0.4, 0.5) is 0 Å². The Morgan fingerprint density at radius 3 is 2.00 bits per heavy atom. The summed E-state index contributed by atoms with van der Waals surface area (Å²) in [5.74, 6) is 0. The molecule has 19 heavy (non-hydrogen) atoms. The molecule has 2 aromatic carbocycles. The van der Waals surface area contributed by atoms with Gasteiger partial charge in [-0.15, -0.1) is 0 Å². The molecule has 0 bridgehead atoms. The summed E-state index contributed by atoms with van der Waals surface area (Å²) in [6.07, 6.45) is 2.06. The zero-order chi connectivity index (χ0) is 13.5. The molecule has 0 aliphatic rings. The zero-order valence-corrected chi connectivity index (χ0v) is 12.2. The molecule has 0 aromatic heterocycles. The first-order valence-electron chi connectivity index (χ1n) is 6.45. The number of hydrogen-bond acceptors (Lipinski definition) is 1. The first-order chi connectivity index (χ1) is 9.27. The molecule has 0 spiro atoms. The van der Waals surface area contributed by atoms with E-state index in [9.17, 15) is 0 Å². The molecule has 0 aliphatic carbocycles. The van der Waals surface area contributed by atoms with E-state index in [2.05, 4.69) is 11.4 Å². The van der Waals surface area contributed by atoms with Crippen LogP contribution in [-0.4, -0.2) is 6.54 Å². The van der Waals surface area contributed by atoms with Crippen LogP contribution in [0.3, 0.4) is 0 Å². The summed E-state index contributed by atoms with van der Waals surface area (Å²) < 4.78 is 0. The van der Waals surface area contributed by atoms with Crippen molar-refractivity contribution in [3.05, 3.63) is 69.7 Å². The maximum Gasteiger partial charge on any atom is 0.0450 e. The van der Waals surface area contributed by atoms with Crippen LogP contribution in [0.2, 0.25) is 10.0 Å². The minimum Gasteiger partial charge on any atom is -0.313 e. The highest BCUT2D eigenvalue weighted by molar-refractivity contribution is 6.31. The molecule has 0 saturated heterocycles. The lowest BCUT2D eigenvalue weighted by Crippen LogP contribution is -2.15. The molecule has 0 aliphatic heterocycles. The van der Waals surface area contributed by atoms with Crippen molar-refractivity contribution >= 4 is 23.2 Å². The van der Waals surface area contributed by atoms with Gasteiger partial charge in [-0.1, -0.05) is 59.6 Å². The predicted octanol–water partition coefficient (Wildman–Crippen LogP) is 4.72. The zero-order valence-electron chi connectivity index (χ0n) is 10.7. The second-order valence-electron chi connectivity index (χ2n) is 4.46. The molecular formula is C16H17Cl2N. The number of aryl methyl sites for hydroxylation is 1. The van der Waals surface area contributed by atoms with Gasteiger partial charge in [0.25, 0.3) is 0 Å². The third-order valence-corrected chi connectivity index (χ3v) is 3.77. The quantitative estimate of drug-likeness (QED) is 0.760. The molecule has 1 nitrogen and oxygen atoms in total. The standard InChI is InChI=1S/C16H17Cl2N/c17-15-9-3-1-6-13(15)8-5-11-19-12-14-7-2-4-10-16(14)18/h1-4,6-7,9-10,19H,5,8,11-12H2.